The lowest BCUT2D eigenvalue weighted by atomic mass is 9.94. The minimum Gasteiger partial charge on any atom is -0.396 e. The van der Waals surface area contributed by atoms with Crippen LogP contribution in [-0.4, -0.2) is 62.7 Å². The predicted molar refractivity (Wildman–Crippen MR) is 96.4 cm³/mol. The topological polar surface area (TPSA) is 109 Å². The van der Waals surface area contributed by atoms with Crippen LogP contribution in [0.3, 0.4) is 0 Å². The zero-order chi connectivity index (χ0) is 21.4. The van der Waals surface area contributed by atoms with Gasteiger partial charge in [0.2, 0.25) is 0 Å². The molecule has 4 amide bonds. The van der Waals surface area contributed by atoms with Gasteiger partial charge in [0.25, 0.3) is 0 Å². The molecule has 2 rings (SSSR count). The second-order valence-corrected chi connectivity index (χ2v) is 6.05. The third-order valence-electron chi connectivity index (χ3n) is 4.16. The van der Waals surface area contributed by atoms with Crippen LogP contribution in [0.25, 0.3) is 0 Å². The highest BCUT2D eigenvalue weighted by molar-refractivity contribution is 5.96. The van der Waals surface area contributed by atoms with E-state index in [1.165, 1.54) is 20.3 Å². The van der Waals surface area contributed by atoms with E-state index < -0.39 is 29.7 Å². The Bertz CT molecular complexity index is 774. The first-order valence-corrected chi connectivity index (χ1v) is 8.74. The van der Waals surface area contributed by atoms with Gasteiger partial charge in [0.1, 0.15) is 6.61 Å². The number of halogens is 2. The fourth-order valence-corrected chi connectivity index (χ4v) is 2.87. The van der Waals surface area contributed by atoms with E-state index in [1.54, 1.807) is 0 Å². The summed E-state index contributed by atoms with van der Waals surface area (Å²) in [7, 11) is 2.69. The van der Waals surface area contributed by atoms with Gasteiger partial charge in [0.05, 0.1) is 19.8 Å². The van der Waals surface area contributed by atoms with E-state index in [-0.39, 0.29) is 38.3 Å². The number of hydrogen-bond acceptors (Lipinski definition) is 6. The second-order valence-electron chi connectivity index (χ2n) is 6.05. The van der Waals surface area contributed by atoms with Gasteiger partial charge in [0.15, 0.2) is 11.6 Å². The number of benzene rings is 1. The number of aliphatic hydroxyl groups excluding tert-OH is 1. The Labute approximate surface area is 166 Å². The van der Waals surface area contributed by atoms with Gasteiger partial charge in [-0.1, -0.05) is 6.07 Å². The lowest BCUT2D eigenvalue weighted by Gasteiger charge is -2.37. The molecule has 1 heterocycles. The highest BCUT2D eigenvalue weighted by atomic mass is 19.2. The Hall–Kier alpha value is -2.60. The van der Waals surface area contributed by atoms with E-state index >= 15 is 0 Å². The predicted octanol–water partition coefficient (Wildman–Crippen LogP) is 1.60. The summed E-state index contributed by atoms with van der Waals surface area (Å²) in [6, 6.07) is 0.417. The van der Waals surface area contributed by atoms with Crippen LogP contribution < -0.4 is 10.6 Å². The van der Waals surface area contributed by atoms with Crippen molar-refractivity contribution in [2.75, 3.05) is 40.6 Å². The number of imide groups is 1. The van der Waals surface area contributed by atoms with Crippen molar-refractivity contribution in [2.24, 2.45) is 0 Å². The van der Waals surface area contributed by atoms with Crippen LogP contribution in [0.5, 0.6) is 0 Å². The molecule has 1 aromatic rings. The minimum absolute atomic E-state index is 0.0195. The number of carbonyl (C=O) groups is 2. The number of nitrogens with zero attached hydrogens (tertiary/aromatic N) is 1. The zero-order valence-corrected chi connectivity index (χ0v) is 16.0. The van der Waals surface area contributed by atoms with E-state index in [4.69, 9.17) is 14.7 Å². The van der Waals surface area contributed by atoms with Crippen LogP contribution >= 0.6 is 0 Å². The standard InChI is InChI=1S/C18H23F2N3O6/c1-27-10-15-12(9-29-28-2)16(11-4-5-13(19)14(20)8-11)23(18(26)22-15)17(25)21-6-3-7-24/h4-5,8,16,24H,3,6-7,9-10H2,1-2H3,(H,21,25)(H,22,26). The molecule has 0 aliphatic carbocycles. The average molecular weight is 415 g/mol. The van der Waals surface area contributed by atoms with Gasteiger partial charge in [-0.15, -0.1) is 0 Å². The molecule has 0 saturated heterocycles. The largest absolute Gasteiger partial charge is 0.396 e. The van der Waals surface area contributed by atoms with Crippen molar-refractivity contribution in [1.29, 1.82) is 0 Å². The highest BCUT2D eigenvalue weighted by Gasteiger charge is 2.40. The number of ether oxygens (including phenoxy) is 1. The van der Waals surface area contributed by atoms with Crippen LogP contribution in [-0.2, 0) is 14.5 Å². The van der Waals surface area contributed by atoms with Crippen LogP contribution in [0, 0.1) is 11.6 Å². The Morgan fingerprint density at radius 2 is 2.03 bits per heavy atom. The molecule has 0 bridgehead atoms. The molecule has 0 radical (unpaired) electrons. The molecular formula is C18H23F2N3O6. The molecule has 3 N–H and O–H groups in total. The van der Waals surface area contributed by atoms with E-state index in [9.17, 15) is 18.4 Å². The molecule has 0 spiro atoms. The van der Waals surface area contributed by atoms with E-state index in [0.29, 0.717) is 11.3 Å². The van der Waals surface area contributed by atoms with Crippen molar-refractivity contribution in [2.45, 2.75) is 12.5 Å². The molecular weight excluding hydrogens is 392 g/mol. The maximum atomic E-state index is 13.9. The molecule has 0 aromatic heterocycles. The first-order chi connectivity index (χ1) is 13.9. The number of carbonyl (C=O) groups excluding carboxylic acids is 2. The summed E-state index contributed by atoms with van der Waals surface area (Å²) in [5.41, 5.74) is 0.819. The smallest absolute Gasteiger partial charge is 0.330 e. The summed E-state index contributed by atoms with van der Waals surface area (Å²) in [4.78, 5) is 35.8. The highest BCUT2D eigenvalue weighted by Crippen LogP contribution is 2.34. The van der Waals surface area contributed by atoms with Gasteiger partial charge in [-0.2, -0.15) is 0 Å². The van der Waals surface area contributed by atoms with Crippen LogP contribution in [0.1, 0.15) is 18.0 Å². The molecule has 160 valence electrons. The van der Waals surface area contributed by atoms with Gasteiger partial charge in [-0.05, 0) is 24.1 Å². The Morgan fingerprint density at radius 3 is 2.66 bits per heavy atom. The number of amides is 4. The SMILES string of the molecule is COCC1=C(COOC)C(c2ccc(F)c(F)c2)N(C(=O)NCCCO)C(=O)N1. The van der Waals surface area contributed by atoms with E-state index in [0.717, 1.165) is 17.0 Å². The van der Waals surface area contributed by atoms with Crippen LogP contribution in [0.15, 0.2) is 29.5 Å². The lowest BCUT2D eigenvalue weighted by Crippen LogP contribution is -2.54. The molecule has 0 fully saturated rings. The van der Waals surface area contributed by atoms with Crippen LogP contribution in [0.4, 0.5) is 18.4 Å². The van der Waals surface area contributed by atoms with Crippen molar-refractivity contribution in [3.05, 3.63) is 46.7 Å². The average Bonchev–Trinajstić information content (AvgIpc) is 2.69. The quantitative estimate of drug-likeness (QED) is 0.321. The molecule has 1 unspecified atom stereocenters. The molecule has 9 nitrogen and oxygen atoms in total. The van der Waals surface area contributed by atoms with Crippen molar-refractivity contribution in [3.63, 3.8) is 0 Å². The Kier molecular flexibility index (Phi) is 8.46. The van der Waals surface area contributed by atoms with Crippen molar-refractivity contribution < 1.29 is 38.0 Å². The van der Waals surface area contributed by atoms with Gasteiger partial charge >= 0.3 is 12.1 Å². The van der Waals surface area contributed by atoms with Gasteiger partial charge in [-0.3, -0.25) is 0 Å². The maximum Gasteiger partial charge on any atom is 0.330 e. The molecule has 1 atom stereocenters. The summed E-state index contributed by atoms with van der Waals surface area (Å²) in [5, 5.41) is 13.9. The zero-order valence-electron chi connectivity index (χ0n) is 16.0. The number of nitrogens with one attached hydrogen (secondary N) is 2. The van der Waals surface area contributed by atoms with E-state index in [1.807, 2.05) is 0 Å². The first-order valence-electron chi connectivity index (χ1n) is 8.74. The third kappa shape index (κ3) is 5.48. The molecule has 1 aliphatic heterocycles. The fraction of sp³-hybridized carbons (Fsp3) is 0.444. The number of hydrogen-bond donors (Lipinski definition) is 3. The number of urea groups is 2. The number of aliphatic hydroxyl groups is 1. The Morgan fingerprint density at radius 1 is 1.28 bits per heavy atom. The molecule has 1 aromatic carbocycles. The summed E-state index contributed by atoms with van der Waals surface area (Å²) >= 11 is 0. The number of rotatable bonds is 9. The Balaban J connectivity index is 2.53. The maximum absolute atomic E-state index is 13.9. The molecule has 0 saturated carbocycles. The van der Waals surface area contributed by atoms with Crippen molar-refractivity contribution >= 4 is 12.1 Å². The first kappa shape index (κ1) is 22.7. The lowest BCUT2D eigenvalue weighted by molar-refractivity contribution is -0.266. The van der Waals surface area contributed by atoms with Crippen molar-refractivity contribution in [3.8, 4) is 0 Å². The van der Waals surface area contributed by atoms with Gasteiger partial charge < -0.3 is 20.5 Å². The minimum atomic E-state index is -1.13. The second kappa shape index (κ2) is 10.8. The number of methoxy groups -OCH3 is 1. The summed E-state index contributed by atoms with van der Waals surface area (Å²) < 4.78 is 32.5. The summed E-state index contributed by atoms with van der Waals surface area (Å²) in [6.45, 7) is -0.236. The summed E-state index contributed by atoms with van der Waals surface area (Å²) in [6.07, 6.45) is 0.279. The van der Waals surface area contributed by atoms with Gasteiger partial charge in [-0.25, -0.2) is 33.0 Å². The molecule has 1 aliphatic rings. The summed E-state index contributed by atoms with van der Waals surface area (Å²) in [5.74, 6) is -2.20. The fourth-order valence-electron chi connectivity index (χ4n) is 2.87. The van der Waals surface area contributed by atoms with Crippen molar-refractivity contribution in [1.82, 2.24) is 15.5 Å². The van der Waals surface area contributed by atoms with Gasteiger partial charge in [0, 0.05) is 31.5 Å². The van der Waals surface area contributed by atoms with E-state index in [2.05, 4.69) is 15.5 Å². The third-order valence-corrected chi connectivity index (χ3v) is 4.16. The molecule has 11 heteroatoms. The monoisotopic (exact) mass is 415 g/mol. The van der Waals surface area contributed by atoms with Crippen LogP contribution in [0.2, 0.25) is 0 Å². The normalized spacial score (nSPS) is 16.8. The molecule has 29 heavy (non-hydrogen) atoms.